The second-order valence-corrected chi connectivity index (χ2v) is 2.52. The molecule has 9 heteroatoms. The second-order valence-electron chi connectivity index (χ2n) is 2.52. The highest BCUT2D eigenvalue weighted by molar-refractivity contribution is 6.50. The molecule has 1 heterocycles. The Hall–Kier alpha value is -0.985. The molecule has 0 unspecified atom stereocenters. The van der Waals surface area contributed by atoms with Crippen LogP contribution in [-0.4, -0.2) is 31.3 Å². The highest BCUT2D eigenvalue weighted by Crippen LogP contribution is 2.09. The third kappa shape index (κ3) is 5.62. The Morgan fingerprint density at radius 1 is 1.14 bits per heavy atom. The largest absolute Gasteiger partial charge is 0.673 e. The van der Waals surface area contributed by atoms with Crippen molar-refractivity contribution in [1.82, 2.24) is 0 Å². The summed E-state index contributed by atoms with van der Waals surface area (Å²) in [4.78, 5) is 0. The molecule has 1 aliphatic heterocycles. The first-order valence-corrected chi connectivity index (χ1v) is 4.04. The van der Waals surface area contributed by atoms with Crippen LogP contribution in [0.5, 0.6) is 0 Å². The van der Waals surface area contributed by atoms with Crippen LogP contribution in [0.2, 0.25) is 0 Å². The minimum Gasteiger partial charge on any atom is -0.418 e. The normalized spacial score (nSPS) is 17.9. The van der Waals surface area contributed by atoms with Gasteiger partial charge in [-0.3, -0.25) is 0 Å². The van der Waals surface area contributed by atoms with Crippen LogP contribution in [0.1, 0.15) is 13.8 Å². The average molecular weight is 214 g/mol. The molecule has 0 aliphatic carbocycles. The first-order valence-electron chi connectivity index (χ1n) is 4.04. The molecule has 82 valence electrons. The van der Waals surface area contributed by atoms with E-state index >= 15 is 0 Å². The lowest BCUT2D eigenvalue weighted by atomic mass is 10.3. The van der Waals surface area contributed by atoms with Crippen molar-refractivity contribution in [3.8, 4) is 0 Å². The molecular weight excluding hydrogens is 203 g/mol. The summed E-state index contributed by atoms with van der Waals surface area (Å²) >= 11 is 0. The standard InChI is InChI=1S/C5H11N4.BF4/c1-3-9(4-2)5-6-7-8-9;2-1(3,4)5/h5H,3-4H2,1-2H3;/q+1;-1. The summed E-state index contributed by atoms with van der Waals surface area (Å²) in [7, 11) is -6.00. The number of halogens is 4. The van der Waals surface area contributed by atoms with Crippen LogP contribution in [0, 0.1) is 0 Å². The molecule has 14 heavy (non-hydrogen) atoms. The van der Waals surface area contributed by atoms with Gasteiger partial charge < -0.3 is 17.3 Å². The first kappa shape index (κ1) is 13.0. The monoisotopic (exact) mass is 214 g/mol. The van der Waals surface area contributed by atoms with Gasteiger partial charge in [-0.25, -0.2) is 0 Å². The number of hydrogen-bond acceptors (Lipinski definition) is 3. The van der Waals surface area contributed by atoms with Crippen molar-refractivity contribution in [3.63, 3.8) is 0 Å². The molecule has 0 amide bonds. The van der Waals surface area contributed by atoms with Gasteiger partial charge in [0.1, 0.15) is 13.1 Å². The van der Waals surface area contributed by atoms with Crippen LogP contribution in [0.25, 0.3) is 0 Å². The minimum absolute atomic E-state index is 0.556. The second kappa shape index (κ2) is 5.04. The molecule has 1 aliphatic rings. The molecule has 0 saturated carbocycles. The third-order valence-electron chi connectivity index (χ3n) is 1.63. The molecule has 0 aromatic rings. The van der Waals surface area contributed by atoms with E-state index in [9.17, 15) is 17.3 Å². The van der Waals surface area contributed by atoms with Crippen molar-refractivity contribution in [1.29, 1.82) is 0 Å². The van der Waals surface area contributed by atoms with Crippen molar-refractivity contribution < 1.29 is 21.9 Å². The molecule has 0 aromatic carbocycles. The van der Waals surface area contributed by atoms with E-state index in [1.807, 2.05) is 0 Å². The lowest BCUT2D eigenvalue weighted by Gasteiger charge is -2.17. The fourth-order valence-electron chi connectivity index (χ4n) is 0.758. The smallest absolute Gasteiger partial charge is 0.418 e. The molecule has 0 radical (unpaired) electrons. The lowest BCUT2D eigenvalue weighted by Crippen LogP contribution is -2.38. The van der Waals surface area contributed by atoms with Gasteiger partial charge in [-0.1, -0.05) is 5.10 Å². The Morgan fingerprint density at radius 2 is 1.57 bits per heavy atom. The fraction of sp³-hybridized carbons (Fsp3) is 0.800. The van der Waals surface area contributed by atoms with E-state index < -0.39 is 7.25 Å². The molecule has 0 atom stereocenters. The number of hydrogen-bond donors (Lipinski definition) is 0. The summed E-state index contributed by atoms with van der Waals surface area (Å²) in [6, 6.07) is 0. The maximum absolute atomic E-state index is 9.75. The topological polar surface area (TPSA) is 37.1 Å². The van der Waals surface area contributed by atoms with Crippen LogP contribution < -0.4 is 0 Å². The van der Waals surface area contributed by atoms with Crippen molar-refractivity contribution in [3.05, 3.63) is 0 Å². The van der Waals surface area contributed by atoms with E-state index in [0.717, 1.165) is 13.1 Å². The minimum atomic E-state index is -6.00. The molecular formula is C5H11BF4N4. The molecule has 0 fully saturated rings. The van der Waals surface area contributed by atoms with Gasteiger partial charge in [0.2, 0.25) is 6.34 Å². The number of nitrogens with zero attached hydrogens (tertiary/aromatic N) is 4. The highest BCUT2D eigenvalue weighted by atomic mass is 19.5. The zero-order valence-electron chi connectivity index (χ0n) is 7.87. The van der Waals surface area contributed by atoms with Gasteiger partial charge in [0, 0.05) is 5.22 Å². The van der Waals surface area contributed by atoms with Crippen LogP contribution in [0.3, 0.4) is 0 Å². The Labute approximate surface area is 79.0 Å². The SMILES string of the molecule is CC[N+]1(CC)C=NN=N1.F[B-](F)(F)F. The van der Waals surface area contributed by atoms with Crippen molar-refractivity contribution in [2.75, 3.05) is 13.1 Å². The van der Waals surface area contributed by atoms with Crippen molar-refractivity contribution in [2.45, 2.75) is 13.8 Å². The maximum atomic E-state index is 9.75. The summed E-state index contributed by atoms with van der Waals surface area (Å²) in [5, 5.41) is 11.2. The zero-order valence-corrected chi connectivity index (χ0v) is 7.87. The summed E-state index contributed by atoms with van der Waals surface area (Å²) in [5.74, 6) is 0. The van der Waals surface area contributed by atoms with Crippen LogP contribution >= 0.6 is 0 Å². The van der Waals surface area contributed by atoms with E-state index in [-0.39, 0.29) is 0 Å². The van der Waals surface area contributed by atoms with Crippen LogP contribution in [0.15, 0.2) is 15.5 Å². The molecule has 0 bridgehead atoms. The number of rotatable bonds is 2. The Bertz CT molecular complexity index is 202. The first-order chi connectivity index (χ1) is 6.33. The summed E-state index contributed by atoms with van der Waals surface area (Å²) in [5.41, 5.74) is 0. The Kier molecular flexibility index (Phi) is 4.68. The highest BCUT2D eigenvalue weighted by Gasteiger charge is 2.24. The van der Waals surface area contributed by atoms with Gasteiger partial charge in [-0.15, -0.1) is 4.59 Å². The molecule has 1 rings (SSSR count). The van der Waals surface area contributed by atoms with E-state index in [1.165, 1.54) is 0 Å². The van der Waals surface area contributed by atoms with Crippen molar-refractivity contribution in [2.24, 2.45) is 15.5 Å². The van der Waals surface area contributed by atoms with Gasteiger partial charge in [0.05, 0.1) is 5.22 Å². The number of quaternary nitrogens is 1. The van der Waals surface area contributed by atoms with Gasteiger partial charge >= 0.3 is 7.25 Å². The average Bonchev–Trinajstić information content (AvgIpc) is 2.50. The van der Waals surface area contributed by atoms with Crippen molar-refractivity contribution >= 4 is 13.6 Å². The van der Waals surface area contributed by atoms with E-state index in [1.54, 1.807) is 6.34 Å². The van der Waals surface area contributed by atoms with E-state index in [0.29, 0.717) is 4.59 Å². The van der Waals surface area contributed by atoms with Gasteiger partial charge in [-0.2, -0.15) is 0 Å². The van der Waals surface area contributed by atoms with E-state index in [4.69, 9.17) is 0 Å². The summed E-state index contributed by atoms with van der Waals surface area (Å²) in [6.45, 7) is 6.01. The van der Waals surface area contributed by atoms with Gasteiger partial charge in [0.15, 0.2) is 0 Å². The van der Waals surface area contributed by atoms with Gasteiger partial charge in [-0.05, 0) is 13.8 Å². The van der Waals surface area contributed by atoms with Gasteiger partial charge in [0.25, 0.3) is 0 Å². The summed E-state index contributed by atoms with van der Waals surface area (Å²) < 4.78 is 39.6. The molecule has 0 saturated heterocycles. The van der Waals surface area contributed by atoms with E-state index in [2.05, 4.69) is 29.4 Å². The Balaban J connectivity index is 0.000000292. The molecule has 0 N–H and O–H groups in total. The lowest BCUT2D eigenvalue weighted by molar-refractivity contribution is -0.839. The predicted octanol–water partition coefficient (Wildman–Crippen LogP) is 2.47. The molecule has 0 spiro atoms. The third-order valence-corrected chi connectivity index (χ3v) is 1.63. The van der Waals surface area contributed by atoms with Crippen LogP contribution in [0.4, 0.5) is 17.3 Å². The zero-order chi connectivity index (χ0) is 11.2. The maximum Gasteiger partial charge on any atom is 0.673 e. The summed E-state index contributed by atoms with van der Waals surface area (Å²) in [6.07, 6.45) is 1.76. The molecule has 4 nitrogen and oxygen atoms in total. The molecule has 0 aromatic heterocycles. The fourth-order valence-corrected chi connectivity index (χ4v) is 0.758. The van der Waals surface area contributed by atoms with Crippen LogP contribution in [-0.2, 0) is 0 Å². The Morgan fingerprint density at radius 3 is 1.71 bits per heavy atom. The predicted molar refractivity (Wildman–Crippen MR) is 44.9 cm³/mol. The quantitative estimate of drug-likeness (QED) is 0.384.